The summed E-state index contributed by atoms with van der Waals surface area (Å²) in [4.78, 5) is 10.1. The van der Waals surface area contributed by atoms with Crippen molar-refractivity contribution in [3.8, 4) is 0 Å². The fourth-order valence-corrected chi connectivity index (χ4v) is 0.463. The Balaban J connectivity index is 0.000000810. The summed E-state index contributed by atoms with van der Waals surface area (Å²) in [5.41, 5.74) is 5.49. The molecule has 0 saturated carbocycles. The molecule has 0 amide bonds. The maximum Gasteiger partial charge on any atom is 0.371 e. The van der Waals surface area contributed by atoms with Gasteiger partial charge in [-0.1, -0.05) is 0 Å². The van der Waals surface area contributed by atoms with Crippen molar-refractivity contribution in [1.82, 2.24) is 0 Å². The van der Waals surface area contributed by atoms with E-state index in [9.17, 15) is 4.79 Å². The van der Waals surface area contributed by atoms with Crippen molar-refractivity contribution >= 4 is 24.1 Å². The van der Waals surface area contributed by atoms with Gasteiger partial charge in [-0.15, -0.1) is 12.4 Å². The van der Waals surface area contributed by atoms with Crippen LogP contribution in [0.3, 0.4) is 0 Å². The Kier molecular flexibility index (Phi) is 2.76. The molecule has 0 aliphatic carbocycles. The fraction of sp³-hybridized carbons (Fsp3) is 0. The Hall–Kier alpha value is -1.16. The Morgan fingerprint density at radius 1 is 1.70 bits per heavy atom. The first-order chi connectivity index (χ1) is 4.20. The zero-order valence-electron chi connectivity index (χ0n) is 4.90. The molecule has 0 bridgehead atoms. The van der Waals surface area contributed by atoms with Gasteiger partial charge in [-0.3, -0.25) is 0 Å². The van der Waals surface area contributed by atoms with Crippen LogP contribution in [0, 0.1) is 0 Å². The third kappa shape index (κ3) is 1.66. The van der Waals surface area contributed by atoms with Crippen LogP contribution in [0.15, 0.2) is 16.7 Å². The van der Waals surface area contributed by atoms with Gasteiger partial charge in [-0.05, 0) is 0 Å². The van der Waals surface area contributed by atoms with Crippen molar-refractivity contribution in [2.24, 2.45) is 0 Å². The molecule has 1 heterocycles. The molecule has 4 nitrogen and oxygen atoms in total. The van der Waals surface area contributed by atoms with E-state index >= 15 is 0 Å². The third-order valence-electron chi connectivity index (χ3n) is 0.831. The molecule has 1 rings (SSSR count). The van der Waals surface area contributed by atoms with Gasteiger partial charge in [0.05, 0.1) is 5.69 Å². The number of carbonyl (C=O) groups is 1. The van der Waals surface area contributed by atoms with Gasteiger partial charge in [0.2, 0.25) is 5.76 Å². The van der Waals surface area contributed by atoms with E-state index in [4.69, 9.17) is 10.8 Å². The first-order valence-corrected chi connectivity index (χ1v) is 2.27. The summed E-state index contributed by atoms with van der Waals surface area (Å²) in [6.07, 6.45) is 1.18. The number of hydrogen-bond acceptors (Lipinski definition) is 3. The first kappa shape index (κ1) is 8.84. The number of rotatable bonds is 1. The SMILES string of the molecule is Cl.Nc1coc(C(=O)O)c1. The molecule has 0 unspecified atom stereocenters. The lowest BCUT2D eigenvalue weighted by Gasteiger charge is -1.79. The minimum atomic E-state index is -1.10. The van der Waals surface area contributed by atoms with Crippen molar-refractivity contribution in [2.75, 3.05) is 5.73 Å². The highest BCUT2D eigenvalue weighted by atomic mass is 35.5. The normalized spacial score (nSPS) is 8.40. The zero-order valence-corrected chi connectivity index (χ0v) is 5.72. The van der Waals surface area contributed by atoms with Crippen LogP contribution in [-0.2, 0) is 0 Å². The van der Waals surface area contributed by atoms with E-state index in [0.717, 1.165) is 0 Å². The number of anilines is 1. The molecular formula is C5H6ClNO3. The standard InChI is InChI=1S/C5H5NO3.ClH/c6-3-1-4(5(7)8)9-2-3;/h1-2H,6H2,(H,7,8);1H. The van der Waals surface area contributed by atoms with E-state index in [2.05, 4.69) is 4.42 Å². The molecule has 0 spiro atoms. The lowest BCUT2D eigenvalue weighted by atomic mass is 10.4. The maximum absolute atomic E-state index is 10.1. The minimum absolute atomic E-state index is 0. The van der Waals surface area contributed by atoms with Crippen LogP contribution in [0.4, 0.5) is 5.69 Å². The van der Waals surface area contributed by atoms with E-state index in [-0.39, 0.29) is 18.2 Å². The average molecular weight is 164 g/mol. The van der Waals surface area contributed by atoms with Crippen molar-refractivity contribution in [2.45, 2.75) is 0 Å². The van der Waals surface area contributed by atoms with Gasteiger partial charge in [-0.25, -0.2) is 4.79 Å². The van der Waals surface area contributed by atoms with E-state index in [1.54, 1.807) is 0 Å². The fourth-order valence-electron chi connectivity index (χ4n) is 0.463. The second-order valence-corrected chi connectivity index (χ2v) is 1.55. The summed E-state index contributed by atoms with van der Waals surface area (Å²) >= 11 is 0. The molecule has 0 radical (unpaired) electrons. The Morgan fingerprint density at radius 2 is 2.30 bits per heavy atom. The third-order valence-corrected chi connectivity index (χ3v) is 0.831. The molecule has 56 valence electrons. The Morgan fingerprint density at radius 3 is 2.50 bits per heavy atom. The zero-order chi connectivity index (χ0) is 6.85. The predicted molar refractivity (Wildman–Crippen MR) is 37.3 cm³/mol. The van der Waals surface area contributed by atoms with Crippen LogP contribution in [0.1, 0.15) is 10.6 Å². The molecule has 3 N–H and O–H groups in total. The van der Waals surface area contributed by atoms with Crippen LogP contribution in [-0.4, -0.2) is 11.1 Å². The quantitative estimate of drug-likeness (QED) is 0.647. The number of furan rings is 1. The van der Waals surface area contributed by atoms with Gasteiger partial charge in [0.15, 0.2) is 0 Å². The molecule has 0 aliphatic rings. The van der Waals surface area contributed by atoms with E-state index in [1.165, 1.54) is 12.3 Å². The lowest BCUT2D eigenvalue weighted by molar-refractivity contribution is 0.0662. The molecule has 0 aliphatic heterocycles. The number of carboxylic acids is 1. The summed E-state index contributed by atoms with van der Waals surface area (Å²) in [6.45, 7) is 0. The summed E-state index contributed by atoms with van der Waals surface area (Å²) < 4.78 is 4.50. The smallest absolute Gasteiger partial charge is 0.371 e. The molecule has 0 saturated heterocycles. The van der Waals surface area contributed by atoms with E-state index < -0.39 is 5.97 Å². The molecule has 0 aromatic carbocycles. The first-order valence-electron chi connectivity index (χ1n) is 2.27. The topological polar surface area (TPSA) is 76.5 Å². The largest absolute Gasteiger partial charge is 0.475 e. The van der Waals surface area contributed by atoms with Crippen molar-refractivity contribution in [1.29, 1.82) is 0 Å². The number of nitrogens with two attached hydrogens (primary N) is 1. The maximum atomic E-state index is 10.1. The molecule has 1 aromatic heterocycles. The molecular weight excluding hydrogens is 158 g/mol. The highest BCUT2D eigenvalue weighted by Gasteiger charge is 2.05. The molecule has 5 heteroatoms. The van der Waals surface area contributed by atoms with Gasteiger partial charge in [0, 0.05) is 6.07 Å². The molecule has 1 aromatic rings. The van der Waals surface area contributed by atoms with Gasteiger partial charge < -0.3 is 15.3 Å². The Bertz CT molecular complexity index is 233. The Labute approximate surface area is 63.0 Å². The number of hydrogen-bond donors (Lipinski definition) is 2. The predicted octanol–water partition coefficient (Wildman–Crippen LogP) is 0.982. The summed E-state index contributed by atoms with van der Waals surface area (Å²) in [5, 5.41) is 8.25. The van der Waals surface area contributed by atoms with Crippen LogP contribution < -0.4 is 5.73 Å². The number of carboxylic acid groups (broad SMARTS) is 1. The van der Waals surface area contributed by atoms with Crippen LogP contribution in [0.5, 0.6) is 0 Å². The van der Waals surface area contributed by atoms with Gasteiger partial charge in [-0.2, -0.15) is 0 Å². The van der Waals surface area contributed by atoms with E-state index in [0.29, 0.717) is 5.69 Å². The monoisotopic (exact) mass is 163 g/mol. The average Bonchev–Trinajstić information content (AvgIpc) is 2.14. The summed E-state index contributed by atoms with van der Waals surface area (Å²) in [6, 6.07) is 1.25. The molecule has 0 fully saturated rings. The highest BCUT2D eigenvalue weighted by Crippen LogP contribution is 2.07. The molecule has 0 atom stereocenters. The lowest BCUT2D eigenvalue weighted by Crippen LogP contribution is -1.91. The minimum Gasteiger partial charge on any atom is -0.475 e. The number of halogens is 1. The van der Waals surface area contributed by atoms with Gasteiger partial charge in [0.1, 0.15) is 6.26 Å². The van der Waals surface area contributed by atoms with Crippen LogP contribution in [0.2, 0.25) is 0 Å². The van der Waals surface area contributed by atoms with Gasteiger partial charge >= 0.3 is 5.97 Å². The summed E-state index contributed by atoms with van der Waals surface area (Å²) in [7, 11) is 0. The highest BCUT2D eigenvalue weighted by molar-refractivity contribution is 5.85. The van der Waals surface area contributed by atoms with Crippen molar-refractivity contribution in [3.63, 3.8) is 0 Å². The van der Waals surface area contributed by atoms with E-state index in [1.807, 2.05) is 0 Å². The van der Waals surface area contributed by atoms with Crippen molar-refractivity contribution in [3.05, 3.63) is 18.1 Å². The molecule has 10 heavy (non-hydrogen) atoms. The summed E-state index contributed by atoms with van der Waals surface area (Å²) in [5.74, 6) is -1.24. The second-order valence-electron chi connectivity index (χ2n) is 1.55. The van der Waals surface area contributed by atoms with Crippen LogP contribution in [0.25, 0.3) is 0 Å². The number of nitrogen functional groups attached to an aromatic ring is 1. The van der Waals surface area contributed by atoms with Crippen molar-refractivity contribution < 1.29 is 14.3 Å². The number of aromatic carboxylic acids is 1. The second kappa shape index (κ2) is 3.12. The van der Waals surface area contributed by atoms with Gasteiger partial charge in [0.25, 0.3) is 0 Å². The van der Waals surface area contributed by atoms with Crippen LogP contribution >= 0.6 is 12.4 Å².